The predicted molar refractivity (Wildman–Crippen MR) is 141 cm³/mol. The summed E-state index contributed by atoms with van der Waals surface area (Å²) in [6.45, 7) is 6.15. The zero-order valence-electron chi connectivity index (χ0n) is 21.0. The van der Waals surface area contributed by atoms with Crippen molar-refractivity contribution < 1.29 is 13.2 Å². The maximum absolute atomic E-state index is 12.4. The van der Waals surface area contributed by atoms with Gasteiger partial charge in [-0.2, -0.15) is 0 Å². The van der Waals surface area contributed by atoms with Crippen molar-refractivity contribution in [1.29, 1.82) is 0 Å². The van der Waals surface area contributed by atoms with E-state index < -0.39 is 16.1 Å². The van der Waals surface area contributed by atoms with Crippen LogP contribution in [0.4, 0.5) is 10.7 Å². The Bertz CT molecular complexity index is 1510. The summed E-state index contributed by atoms with van der Waals surface area (Å²) in [4.78, 5) is 23.7. The molecule has 2 N–H and O–H groups in total. The lowest BCUT2D eigenvalue weighted by molar-refractivity contribution is 0.246. The number of hydrogen-bond donors (Lipinski definition) is 2. The molecule has 36 heavy (non-hydrogen) atoms. The van der Waals surface area contributed by atoms with Crippen LogP contribution in [0.25, 0.3) is 16.9 Å². The molecule has 0 radical (unpaired) electrons. The van der Waals surface area contributed by atoms with E-state index in [1.165, 1.54) is 12.1 Å². The average molecular weight is 507 g/mol. The van der Waals surface area contributed by atoms with Crippen molar-refractivity contribution >= 4 is 33.2 Å². The first-order valence-corrected chi connectivity index (χ1v) is 13.0. The zero-order chi connectivity index (χ0) is 26.0. The van der Waals surface area contributed by atoms with Gasteiger partial charge in [0.15, 0.2) is 5.65 Å². The molecule has 0 atom stereocenters. The number of benzene rings is 2. The van der Waals surface area contributed by atoms with E-state index in [1.54, 1.807) is 12.1 Å². The van der Waals surface area contributed by atoms with Crippen molar-refractivity contribution in [3.05, 3.63) is 77.0 Å². The Morgan fingerprint density at radius 1 is 0.972 bits per heavy atom. The van der Waals surface area contributed by atoms with Gasteiger partial charge in [-0.1, -0.05) is 29.8 Å². The Labute approximate surface area is 211 Å². The molecular weight excluding hydrogens is 476 g/mol. The molecule has 2 aromatic heterocycles. The standard InChI is InChI=1S/C26H30N6O3S/c1-17-6-12-22(13-7-17)36(34,35)30-25(33)27-15-14-20-8-10-21(11-9-20)32-24-23(29-26(32)31(4)5)18(2)16-19(3)28-24/h6-13,16H,14-15H2,1-5H3,(H2,27,30,33). The fourth-order valence-corrected chi connectivity index (χ4v) is 4.88. The highest BCUT2D eigenvalue weighted by molar-refractivity contribution is 7.90. The number of rotatable bonds is 7. The van der Waals surface area contributed by atoms with Gasteiger partial charge in [-0.25, -0.2) is 27.9 Å². The Hall–Kier alpha value is -3.92. The maximum atomic E-state index is 12.4. The molecule has 9 nitrogen and oxygen atoms in total. The van der Waals surface area contributed by atoms with E-state index in [2.05, 4.69) is 5.32 Å². The summed E-state index contributed by atoms with van der Waals surface area (Å²) in [6.07, 6.45) is 0.542. The molecule has 0 fully saturated rings. The number of nitrogens with one attached hydrogen (secondary N) is 2. The van der Waals surface area contributed by atoms with Gasteiger partial charge in [-0.05, 0) is 68.7 Å². The number of nitrogens with zero attached hydrogens (tertiary/aromatic N) is 4. The Balaban J connectivity index is 1.43. The summed E-state index contributed by atoms with van der Waals surface area (Å²) in [6, 6.07) is 15.5. The summed E-state index contributed by atoms with van der Waals surface area (Å²) in [5, 5.41) is 2.61. The van der Waals surface area contributed by atoms with Gasteiger partial charge in [0.25, 0.3) is 10.0 Å². The van der Waals surface area contributed by atoms with Crippen molar-refractivity contribution in [2.24, 2.45) is 0 Å². The van der Waals surface area contributed by atoms with Gasteiger partial charge in [0.2, 0.25) is 5.95 Å². The van der Waals surface area contributed by atoms with E-state index in [0.29, 0.717) is 6.42 Å². The van der Waals surface area contributed by atoms with Crippen molar-refractivity contribution in [2.75, 3.05) is 25.5 Å². The molecular formula is C26H30N6O3S. The van der Waals surface area contributed by atoms with E-state index in [-0.39, 0.29) is 11.4 Å². The molecule has 0 unspecified atom stereocenters. The van der Waals surface area contributed by atoms with Crippen LogP contribution in [0.5, 0.6) is 0 Å². The largest absolute Gasteiger partial charge is 0.348 e. The third kappa shape index (κ3) is 5.33. The normalized spacial score (nSPS) is 11.5. The van der Waals surface area contributed by atoms with E-state index >= 15 is 0 Å². The molecule has 188 valence electrons. The first-order chi connectivity index (χ1) is 17.0. The smallest absolute Gasteiger partial charge is 0.328 e. The average Bonchev–Trinajstić information content (AvgIpc) is 3.19. The molecule has 0 aliphatic carbocycles. The van der Waals surface area contributed by atoms with Gasteiger partial charge in [-0.15, -0.1) is 0 Å². The quantitative estimate of drug-likeness (QED) is 0.396. The topological polar surface area (TPSA) is 109 Å². The van der Waals surface area contributed by atoms with Crippen LogP contribution < -0.4 is 14.9 Å². The van der Waals surface area contributed by atoms with Crippen molar-refractivity contribution in [2.45, 2.75) is 32.1 Å². The fourth-order valence-electron chi connectivity index (χ4n) is 3.95. The van der Waals surface area contributed by atoms with E-state index in [9.17, 15) is 13.2 Å². The number of hydrogen-bond acceptors (Lipinski definition) is 6. The molecule has 0 aliphatic rings. The first-order valence-electron chi connectivity index (χ1n) is 11.6. The van der Waals surface area contributed by atoms with Crippen molar-refractivity contribution in [3.8, 4) is 5.69 Å². The minimum absolute atomic E-state index is 0.0443. The molecule has 10 heteroatoms. The number of carbonyl (C=O) groups is 1. The van der Waals surface area contributed by atoms with Crippen LogP contribution >= 0.6 is 0 Å². The van der Waals surface area contributed by atoms with Crippen LogP contribution in [-0.2, 0) is 16.4 Å². The molecule has 2 heterocycles. The van der Waals surface area contributed by atoms with Gasteiger partial charge in [0.1, 0.15) is 5.52 Å². The number of urea groups is 1. The van der Waals surface area contributed by atoms with Crippen LogP contribution in [0.1, 0.15) is 22.4 Å². The number of pyridine rings is 1. The Morgan fingerprint density at radius 3 is 2.28 bits per heavy atom. The van der Waals surface area contributed by atoms with Crippen molar-refractivity contribution in [1.82, 2.24) is 24.6 Å². The molecule has 2 aromatic carbocycles. The fraction of sp³-hybridized carbons (Fsp3) is 0.269. The SMILES string of the molecule is Cc1ccc(S(=O)(=O)NC(=O)NCCc2ccc(-n3c(N(C)C)nc4c(C)cc(C)nc43)cc2)cc1. The minimum Gasteiger partial charge on any atom is -0.348 e. The Morgan fingerprint density at radius 2 is 1.64 bits per heavy atom. The summed E-state index contributed by atoms with van der Waals surface area (Å²) < 4.78 is 28.8. The van der Waals surface area contributed by atoms with Crippen LogP contribution in [0, 0.1) is 20.8 Å². The van der Waals surface area contributed by atoms with E-state index in [0.717, 1.165) is 45.2 Å². The zero-order valence-corrected chi connectivity index (χ0v) is 21.8. The highest BCUT2D eigenvalue weighted by Crippen LogP contribution is 2.27. The molecule has 0 spiro atoms. The second-order valence-electron chi connectivity index (χ2n) is 8.99. The summed E-state index contributed by atoms with van der Waals surface area (Å²) in [5.41, 5.74) is 6.53. The number of amides is 2. The van der Waals surface area contributed by atoms with Gasteiger partial charge in [0, 0.05) is 26.3 Å². The van der Waals surface area contributed by atoms with Gasteiger partial charge >= 0.3 is 6.03 Å². The number of sulfonamides is 1. The van der Waals surface area contributed by atoms with E-state index in [1.807, 2.05) is 79.4 Å². The highest BCUT2D eigenvalue weighted by Gasteiger charge is 2.18. The van der Waals surface area contributed by atoms with Crippen LogP contribution in [0.3, 0.4) is 0 Å². The minimum atomic E-state index is -3.92. The number of fused-ring (bicyclic) bond motifs is 1. The second kappa shape index (κ2) is 9.98. The molecule has 2 amide bonds. The van der Waals surface area contributed by atoms with E-state index in [4.69, 9.17) is 9.97 Å². The monoisotopic (exact) mass is 506 g/mol. The number of anilines is 1. The summed E-state index contributed by atoms with van der Waals surface area (Å²) in [5.74, 6) is 0.784. The molecule has 0 aliphatic heterocycles. The number of carbonyl (C=O) groups excluding carboxylic acids is 1. The van der Waals surface area contributed by atoms with Crippen LogP contribution in [0.2, 0.25) is 0 Å². The lowest BCUT2D eigenvalue weighted by Crippen LogP contribution is -2.40. The molecule has 4 rings (SSSR count). The lowest BCUT2D eigenvalue weighted by atomic mass is 10.1. The molecule has 0 saturated carbocycles. The lowest BCUT2D eigenvalue weighted by Gasteiger charge is -2.15. The number of imidazole rings is 1. The number of aryl methyl sites for hydroxylation is 3. The number of aromatic nitrogens is 3. The van der Waals surface area contributed by atoms with Gasteiger partial charge in [0.05, 0.1) is 10.6 Å². The summed E-state index contributed by atoms with van der Waals surface area (Å²) in [7, 11) is -0.0212. The maximum Gasteiger partial charge on any atom is 0.328 e. The molecule has 0 saturated heterocycles. The van der Waals surface area contributed by atoms with Gasteiger partial charge < -0.3 is 10.2 Å². The summed E-state index contributed by atoms with van der Waals surface area (Å²) >= 11 is 0. The van der Waals surface area contributed by atoms with Crippen LogP contribution in [-0.4, -0.2) is 49.6 Å². The third-order valence-electron chi connectivity index (χ3n) is 5.77. The molecule has 4 aromatic rings. The third-order valence-corrected chi connectivity index (χ3v) is 7.12. The first kappa shape index (κ1) is 25.2. The predicted octanol–water partition coefficient (Wildman–Crippen LogP) is 3.64. The molecule has 0 bridgehead atoms. The van der Waals surface area contributed by atoms with Gasteiger partial charge in [-0.3, -0.25) is 4.57 Å². The Kier molecular flexibility index (Phi) is 6.98. The second-order valence-corrected chi connectivity index (χ2v) is 10.7. The van der Waals surface area contributed by atoms with Crippen LogP contribution in [0.15, 0.2) is 59.5 Å². The van der Waals surface area contributed by atoms with Crippen molar-refractivity contribution in [3.63, 3.8) is 0 Å². The highest BCUT2D eigenvalue weighted by atomic mass is 32.2.